The normalized spacial score (nSPS) is 11.5. The zero-order valence-electron chi connectivity index (χ0n) is 8.53. The fraction of sp³-hybridized carbons (Fsp3) is 0.444. The van der Waals surface area contributed by atoms with Crippen LogP contribution in [-0.2, 0) is 0 Å². The monoisotopic (exact) mass is 249 g/mol. The van der Waals surface area contributed by atoms with Crippen LogP contribution < -0.4 is 11.1 Å². The number of aromatic amines is 1. The van der Waals surface area contributed by atoms with Crippen LogP contribution in [0, 0.1) is 0 Å². The van der Waals surface area contributed by atoms with Gasteiger partial charge in [0.05, 0.1) is 5.02 Å². The molecule has 0 radical (unpaired) electrons. The van der Waals surface area contributed by atoms with E-state index in [9.17, 15) is 4.79 Å². The maximum absolute atomic E-state index is 11.7. The smallest absolute Gasteiger partial charge is 0.268 e. The SMILES string of the molecule is CC(C)(CN)NC(=O)c1cc(Cl)c(Cl)[nH]1. The summed E-state index contributed by atoms with van der Waals surface area (Å²) in [5, 5.41) is 3.33. The number of carbonyl (C=O) groups excluding carboxylic acids is 1. The lowest BCUT2D eigenvalue weighted by atomic mass is 10.1. The van der Waals surface area contributed by atoms with Crippen LogP contribution in [0.2, 0.25) is 10.2 Å². The summed E-state index contributed by atoms with van der Waals surface area (Å²) in [5.41, 5.74) is 5.36. The number of hydrogen-bond donors (Lipinski definition) is 3. The molecule has 4 N–H and O–H groups in total. The third-order valence-electron chi connectivity index (χ3n) is 1.93. The largest absolute Gasteiger partial charge is 0.345 e. The Hall–Kier alpha value is -0.710. The molecule has 0 aliphatic carbocycles. The van der Waals surface area contributed by atoms with Crippen molar-refractivity contribution in [2.75, 3.05) is 6.54 Å². The molecule has 0 fully saturated rings. The molecule has 0 saturated heterocycles. The van der Waals surface area contributed by atoms with Crippen molar-refractivity contribution in [3.05, 3.63) is 21.9 Å². The van der Waals surface area contributed by atoms with Crippen LogP contribution in [0.15, 0.2) is 6.07 Å². The second kappa shape index (κ2) is 4.43. The van der Waals surface area contributed by atoms with E-state index < -0.39 is 5.54 Å². The molecule has 0 atom stereocenters. The van der Waals surface area contributed by atoms with Crippen molar-refractivity contribution in [1.29, 1.82) is 0 Å². The van der Waals surface area contributed by atoms with E-state index in [1.165, 1.54) is 6.07 Å². The van der Waals surface area contributed by atoms with Crippen molar-refractivity contribution < 1.29 is 4.79 Å². The Labute approximate surface area is 98.1 Å². The molecule has 4 nitrogen and oxygen atoms in total. The van der Waals surface area contributed by atoms with Gasteiger partial charge in [0.2, 0.25) is 0 Å². The minimum atomic E-state index is -0.457. The summed E-state index contributed by atoms with van der Waals surface area (Å²) < 4.78 is 0. The van der Waals surface area contributed by atoms with Gasteiger partial charge >= 0.3 is 0 Å². The summed E-state index contributed by atoms with van der Waals surface area (Å²) in [7, 11) is 0. The lowest BCUT2D eigenvalue weighted by Gasteiger charge is -2.23. The van der Waals surface area contributed by atoms with E-state index in [2.05, 4.69) is 10.3 Å². The summed E-state index contributed by atoms with van der Waals surface area (Å²) in [5.74, 6) is -0.278. The number of hydrogen-bond acceptors (Lipinski definition) is 2. The molecular formula is C9H13Cl2N3O. The highest BCUT2D eigenvalue weighted by atomic mass is 35.5. The van der Waals surface area contributed by atoms with Gasteiger partial charge in [0.1, 0.15) is 10.8 Å². The van der Waals surface area contributed by atoms with Crippen LogP contribution in [0.4, 0.5) is 0 Å². The third kappa shape index (κ3) is 3.12. The molecule has 1 rings (SSSR count). The lowest BCUT2D eigenvalue weighted by Crippen LogP contribution is -2.48. The summed E-state index contributed by atoms with van der Waals surface area (Å²) >= 11 is 11.4. The molecule has 15 heavy (non-hydrogen) atoms. The zero-order chi connectivity index (χ0) is 11.6. The number of amides is 1. The fourth-order valence-corrected chi connectivity index (χ4v) is 1.26. The number of aromatic nitrogens is 1. The van der Waals surface area contributed by atoms with Crippen LogP contribution in [0.25, 0.3) is 0 Å². The highest BCUT2D eigenvalue weighted by molar-refractivity contribution is 6.41. The highest BCUT2D eigenvalue weighted by Gasteiger charge is 2.20. The Morgan fingerprint density at radius 3 is 2.60 bits per heavy atom. The predicted molar refractivity (Wildman–Crippen MR) is 61.4 cm³/mol. The second-order valence-electron chi connectivity index (χ2n) is 3.89. The van der Waals surface area contributed by atoms with Gasteiger partial charge in [-0.05, 0) is 19.9 Å². The standard InChI is InChI=1S/C9H13Cl2N3O/c1-9(2,4-12)14-8(15)6-3-5(10)7(11)13-6/h3,13H,4,12H2,1-2H3,(H,14,15). The van der Waals surface area contributed by atoms with Crippen molar-refractivity contribution in [3.63, 3.8) is 0 Å². The van der Waals surface area contributed by atoms with Gasteiger partial charge in [-0.3, -0.25) is 4.79 Å². The number of rotatable bonds is 3. The Kier molecular flexibility index (Phi) is 3.65. The van der Waals surface area contributed by atoms with E-state index in [1.807, 2.05) is 13.8 Å². The van der Waals surface area contributed by atoms with E-state index in [-0.39, 0.29) is 11.1 Å². The van der Waals surface area contributed by atoms with Crippen molar-refractivity contribution in [1.82, 2.24) is 10.3 Å². The molecule has 0 aliphatic heterocycles. The Morgan fingerprint density at radius 2 is 2.20 bits per heavy atom. The molecule has 1 aromatic heterocycles. The van der Waals surface area contributed by atoms with Gasteiger partial charge in [-0.15, -0.1) is 0 Å². The zero-order valence-corrected chi connectivity index (χ0v) is 10.0. The van der Waals surface area contributed by atoms with Gasteiger partial charge in [-0.2, -0.15) is 0 Å². The second-order valence-corrected chi connectivity index (χ2v) is 4.67. The summed E-state index contributed by atoms with van der Waals surface area (Å²) in [6.07, 6.45) is 0. The fourth-order valence-electron chi connectivity index (χ4n) is 0.952. The third-order valence-corrected chi connectivity index (χ3v) is 2.62. The number of H-pyrrole nitrogens is 1. The van der Waals surface area contributed by atoms with Crippen molar-refractivity contribution in [2.24, 2.45) is 5.73 Å². The first-order chi connectivity index (χ1) is 6.85. The molecule has 1 aromatic rings. The van der Waals surface area contributed by atoms with E-state index in [0.717, 1.165) is 0 Å². The van der Waals surface area contributed by atoms with Gasteiger partial charge in [0, 0.05) is 12.1 Å². The molecule has 1 heterocycles. The van der Waals surface area contributed by atoms with Crippen LogP contribution in [-0.4, -0.2) is 23.0 Å². The van der Waals surface area contributed by atoms with Crippen LogP contribution in [0.3, 0.4) is 0 Å². The molecule has 0 aromatic carbocycles. The first kappa shape index (κ1) is 12.4. The van der Waals surface area contributed by atoms with Gasteiger partial charge in [-0.1, -0.05) is 23.2 Å². The number of nitrogens with one attached hydrogen (secondary N) is 2. The van der Waals surface area contributed by atoms with E-state index in [1.54, 1.807) is 0 Å². The van der Waals surface area contributed by atoms with Gasteiger partial charge in [0.25, 0.3) is 5.91 Å². The Bertz CT molecular complexity index is 354. The molecule has 0 saturated carbocycles. The molecule has 0 aliphatic rings. The molecule has 0 spiro atoms. The summed E-state index contributed by atoms with van der Waals surface area (Å²) in [6, 6.07) is 1.48. The van der Waals surface area contributed by atoms with Crippen LogP contribution in [0.1, 0.15) is 24.3 Å². The Balaban J connectivity index is 2.78. The quantitative estimate of drug-likeness (QED) is 0.765. The average Bonchev–Trinajstić information content (AvgIpc) is 2.47. The van der Waals surface area contributed by atoms with Crippen molar-refractivity contribution >= 4 is 29.1 Å². The average molecular weight is 250 g/mol. The minimum absolute atomic E-state index is 0.257. The maximum Gasteiger partial charge on any atom is 0.268 e. The summed E-state index contributed by atoms with van der Waals surface area (Å²) in [4.78, 5) is 14.3. The molecule has 0 unspecified atom stereocenters. The molecule has 6 heteroatoms. The number of carbonyl (C=O) groups is 1. The maximum atomic E-state index is 11.7. The van der Waals surface area contributed by atoms with E-state index in [0.29, 0.717) is 17.3 Å². The van der Waals surface area contributed by atoms with Gasteiger partial charge in [0.15, 0.2) is 0 Å². The molecule has 0 bridgehead atoms. The van der Waals surface area contributed by atoms with Gasteiger partial charge < -0.3 is 16.0 Å². The first-order valence-electron chi connectivity index (χ1n) is 4.42. The molecule has 1 amide bonds. The van der Waals surface area contributed by atoms with E-state index >= 15 is 0 Å². The number of halogens is 2. The van der Waals surface area contributed by atoms with E-state index in [4.69, 9.17) is 28.9 Å². The summed E-state index contributed by atoms with van der Waals surface area (Å²) in [6.45, 7) is 4.01. The number of nitrogens with two attached hydrogens (primary N) is 1. The molecular weight excluding hydrogens is 237 g/mol. The van der Waals surface area contributed by atoms with Crippen LogP contribution in [0.5, 0.6) is 0 Å². The first-order valence-corrected chi connectivity index (χ1v) is 5.18. The molecule has 84 valence electrons. The minimum Gasteiger partial charge on any atom is -0.345 e. The van der Waals surface area contributed by atoms with Crippen LogP contribution >= 0.6 is 23.2 Å². The van der Waals surface area contributed by atoms with Crippen molar-refractivity contribution in [2.45, 2.75) is 19.4 Å². The van der Waals surface area contributed by atoms with Gasteiger partial charge in [-0.25, -0.2) is 0 Å². The Morgan fingerprint density at radius 1 is 1.60 bits per heavy atom. The van der Waals surface area contributed by atoms with Crippen molar-refractivity contribution in [3.8, 4) is 0 Å². The highest BCUT2D eigenvalue weighted by Crippen LogP contribution is 2.21. The predicted octanol–water partition coefficient (Wildman–Crippen LogP) is 1.79. The topological polar surface area (TPSA) is 70.9 Å². The lowest BCUT2D eigenvalue weighted by molar-refractivity contribution is 0.0911.